The molecule has 0 fully saturated rings. The summed E-state index contributed by atoms with van der Waals surface area (Å²) in [6.07, 6.45) is 1.45. The van der Waals surface area contributed by atoms with Gasteiger partial charge >= 0.3 is 5.97 Å². The molecule has 9 nitrogen and oxygen atoms in total. The molecule has 0 aromatic heterocycles. The smallest absolute Gasteiger partial charge is 0.343 e. The van der Waals surface area contributed by atoms with Crippen LogP contribution in [0, 0.1) is 0 Å². The van der Waals surface area contributed by atoms with Gasteiger partial charge in [0.25, 0.3) is 5.91 Å². The lowest BCUT2D eigenvalue weighted by atomic mass is 10.2. The SMILES string of the molecule is CC(=O)Nc1ccc(C(=O)N/N=C/c2ccc(OC(=O)c3ccc(NC(C)=O)cc3)cc2)cc1. The Labute approximate surface area is 195 Å². The van der Waals surface area contributed by atoms with Crippen molar-refractivity contribution >= 4 is 41.3 Å². The number of amides is 3. The van der Waals surface area contributed by atoms with Crippen LogP contribution in [-0.2, 0) is 9.59 Å². The van der Waals surface area contributed by atoms with Crippen molar-refractivity contribution < 1.29 is 23.9 Å². The maximum atomic E-state index is 12.3. The number of carbonyl (C=O) groups is 4. The second-order valence-electron chi connectivity index (χ2n) is 7.17. The van der Waals surface area contributed by atoms with Crippen molar-refractivity contribution in [3.8, 4) is 5.75 Å². The van der Waals surface area contributed by atoms with Gasteiger partial charge in [-0.1, -0.05) is 0 Å². The molecule has 3 rings (SSSR count). The standard InChI is InChI=1S/C25H22N4O5/c1-16(30)27-21-9-5-19(6-10-21)24(32)29-26-15-18-3-13-23(14-4-18)34-25(33)20-7-11-22(12-8-20)28-17(2)31/h3-15H,1-2H3,(H,27,30)(H,28,31)(H,29,32)/b26-15+. The summed E-state index contributed by atoms with van der Waals surface area (Å²) in [5.74, 6) is -0.986. The minimum atomic E-state index is -0.535. The number of anilines is 2. The highest BCUT2D eigenvalue weighted by atomic mass is 16.5. The zero-order valence-corrected chi connectivity index (χ0v) is 18.5. The summed E-state index contributed by atoms with van der Waals surface area (Å²) < 4.78 is 5.34. The highest BCUT2D eigenvalue weighted by Gasteiger charge is 2.09. The molecular formula is C25H22N4O5. The van der Waals surface area contributed by atoms with Crippen molar-refractivity contribution in [3.63, 3.8) is 0 Å². The van der Waals surface area contributed by atoms with Gasteiger partial charge in [0.15, 0.2) is 0 Å². The molecule has 3 aromatic rings. The summed E-state index contributed by atoms with van der Waals surface area (Å²) in [6, 6.07) is 19.3. The second-order valence-corrected chi connectivity index (χ2v) is 7.17. The molecule has 34 heavy (non-hydrogen) atoms. The first kappa shape index (κ1) is 23.9. The number of hydrogen-bond acceptors (Lipinski definition) is 6. The Kier molecular flexibility index (Phi) is 7.85. The van der Waals surface area contributed by atoms with E-state index >= 15 is 0 Å². The van der Waals surface area contributed by atoms with Crippen LogP contribution in [0.3, 0.4) is 0 Å². The average molecular weight is 458 g/mol. The number of esters is 1. The minimum absolute atomic E-state index is 0.194. The first-order valence-corrected chi connectivity index (χ1v) is 10.2. The Morgan fingerprint density at radius 3 is 1.71 bits per heavy atom. The van der Waals surface area contributed by atoms with Crippen LogP contribution in [0.25, 0.3) is 0 Å². The average Bonchev–Trinajstić information content (AvgIpc) is 2.80. The van der Waals surface area contributed by atoms with Crippen LogP contribution in [0.4, 0.5) is 11.4 Å². The molecule has 3 aromatic carbocycles. The van der Waals surface area contributed by atoms with E-state index in [1.807, 2.05) is 0 Å². The number of nitrogens with zero attached hydrogens (tertiary/aromatic N) is 1. The predicted molar refractivity (Wildman–Crippen MR) is 128 cm³/mol. The number of hydrazone groups is 1. The fraction of sp³-hybridized carbons (Fsp3) is 0.0800. The normalized spacial score (nSPS) is 10.4. The molecule has 0 atom stereocenters. The number of carbonyl (C=O) groups excluding carboxylic acids is 4. The first-order chi connectivity index (χ1) is 16.3. The third-order valence-electron chi connectivity index (χ3n) is 4.38. The lowest BCUT2D eigenvalue weighted by molar-refractivity contribution is -0.115. The van der Waals surface area contributed by atoms with E-state index in [1.54, 1.807) is 72.8 Å². The first-order valence-electron chi connectivity index (χ1n) is 10.2. The molecule has 0 saturated heterocycles. The Morgan fingerprint density at radius 1 is 0.706 bits per heavy atom. The summed E-state index contributed by atoms with van der Waals surface area (Å²) in [5.41, 5.74) is 5.01. The Bertz CT molecular complexity index is 1220. The van der Waals surface area contributed by atoms with Gasteiger partial charge in [-0.05, 0) is 78.4 Å². The fourth-order valence-corrected chi connectivity index (χ4v) is 2.82. The summed E-state index contributed by atoms with van der Waals surface area (Å²) in [7, 11) is 0. The monoisotopic (exact) mass is 458 g/mol. The van der Waals surface area contributed by atoms with E-state index in [4.69, 9.17) is 4.74 Å². The molecule has 3 N–H and O–H groups in total. The summed E-state index contributed by atoms with van der Waals surface area (Å²) in [6.45, 7) is 2.81. The maximum absolute atomic E-state index is 12.3. The van der Waals surface area contributed by atoms with Crippen molar-refractivity contribution in [2.45, 2.75) is 13.8 Å². The zero-order chi connectivity index (χ0) is 24.5. The lowest BCUT2D eigenvalue weighted by Crippen LogP contribution is -2.17. The van der Waals surface area contributed by atoms with Gasteiger partial charge in [-0.25, -0.2) is 10.2 Å². The van der Waals surface area contributed by atoms with Crippen LogP contribution < -0.4 is 20.8 Å². The maximum Gasteiger partial charge on any atom is 0.343 e. The molecule has 9 heteroatoms. The van der Waals surface area contributed by atoms with E-state index in [9.17, 15) is 19.2 Å². The molecule has 0 radical (unpaired) electrons. The van der Waals surface area contributed by atoms with Crippen molar-refractivity contribution in [2.75, 3.05) is 10.6 Å². The van der Waals surface area contributed by atoms with E-state index < -0.39 is 11.9 Å². The number of rotatable bonds is 7. The van der Waals surface area contributed by atoms with Crippen LogP contribution in [0.5, 0.6) is 5.75 Å². The number of hydrogen-bond donors (Lipinski definition) is 3. The largest absolute Gasteiger partial charge is 0.423 e. The van der Waals surface area contributed by atoms with Gasteiger partial charge in [-0.3, -0.25) is 14.4 Å². The third kappa shape index (κ3) is 7.13. The van der Waals surface area contributed by atoms with Crippen LogP contribution in [0.15, 0.2) is 77.9 Å². The molecular weight excluding hydrogens is 436 g/mol. The molecule has 0 heterocycles. The highest BCUT2D eigenvalue weighted by molar-refractivity contribution is 5.96. The Balaban J connectivity index is 1.52. The minimum Gasteiger partial charge on any atom is -0.423 e. The van der Waals surface area contributed by atoms with Crippen molar-refractivity contribution in [1.29, 1.82) is 0 Å². The molecule has 0 saturated carbocycles. The molecule has 0 aliphatic carbocycles. The van der Waals surface area contributed by atoms with Crippen molar-refractivity contribution in [2.24, 2.45) is 5.10 Å². The van der Waals surface area contributed by atoms with Gasteiger partial charge in [-0.2, -0.15) is 5.10 Å². The van der Waals surface area contributed by atoms with Crippen LogP contribution in [-0.4, -0.2) is 29.9 Å². The van der Waals surface area contributed by atoms with Gasteiger partial charge in [0.1, 0.15) is 5.75 Å². The van der Waals surface area contributed by atoms with E-state index in [1.165, 1.54) is 20.1 Å². The van der Waals surface area contributed by atoms with Gasteiger partial charge in [0, 0.05) is 30.8 Å². The number of benzene rings is 3. The van der Waals surface area contributed by atoms with Crippen molar-refractivity contribution in [3.05, 3.63) is 89.5 Å². The third-order valence-corrected chi connectivity index (χ3v) is 4.38. The molecule has 0 aliphatic heterocycles. The summed E-state index contributed by atoms with van der Waals surface area (Å²) >= 11 is 0. The van der Waals surface area contributed by atoms with E-state index in [-0.39, 0.29) is 11.8 Å². The molecule has 0 aliphatic rings. The second kappa shape index (κ2) is 11.2. The van der Waals surface area contributed by atoms with Gasteiger partial charge < -0.3 is 15.4 Å². The van der Waals surface area contributed by atoms with E-state index in [0.717, 1.165) is 0 Å². The highest BCUT2D eigenvalue weighted by Crippen LogP contribution is 2.15. The fourth-order valence-electron chi connectivity index (χ4n) is 2.82. The van der Waals surface area contributed by atoms with Gasteiger partial charge in [0.05, 0.1) is 11.8 Å². The number of nitrogens with one attached hydrogen (secondary N) is 3. The van der Waals surface area contributed by atoms with E-state index in [2.05, 4.69) is 21.2 Å². The Morgan fingerprint density at radius 2 is 1.21 bits per heavy atom. The van der Waals surface area contributed by atoms with Crippen LogP contribution in [0.1, 0.15) is 40.1 Å². The van der Waals surface area contributed by atoms with Crippen LogP contribution in [0.2, 0.25) is 0 Å². The van der Waals surface area contributed by atoms with Crippen LogP contribution >= 0.6 is 0 Å². The predicted octanol–water partition coefficient (Wildman–Crippen LogP) is 3.59. The summed E-state index contributed by atoms with van der Waals surface area (Å²) in [4.78, 5) is 46.5. The topological polar surface area (TPSA) is 126 Å². The number of ether oxygens (including phenoxy) is 1. The zero-order valence-electron chi connectivity index (χ0n) is 18.5. The quantitative estimate of drug-likeness (QED) is 0.216. The summed E-state index contributed by atoms with van der Waals surface area (Å²) in [5, 5.41) is 9.17. The van der Waals surface area contributed by atoms with E-state index in [0.29, 0.717) is 33.8 Å². The molecule has 0 bridgehead atoms. The molecule has 0 unspecified atom stereocenters. The molecule has 172 valence electrons. The van der Waals surface area contributed by atoms with Gasteiger partial charge in [0.2, 0.25) is 11.8 Å². The molecule has 0 spiro atoms. The Hall–Kier alpha value is -4.79. The molecule has 3 amide bonds. The lowest BCUT2D eigenvalue weighted by Gasteiger charge is -2.06. The van der Waals surface area contributed by atoms with Gasteiger partial charge in [-0.15, -0.1) is 0 Å². The van der Waals surface area contributed by atoms with Crippen molar-refractivity contribution in [1.82, 2.24) is 5.43 Å².